The van der Waals surface area contributed by atoms with Gasteiger partial charge in [-0.1, -0.05) is 30.3 Å². The lowest BCUT2D eigenvalue weighted by Crippen LogP contribution is -2.23. The Morgan fingerprint density at radius 3 is 2.81 bits per heavy atom. The molecule has 1 aliphatic rings. The highest BCUT2D eigenvalue weighted by molar-refractivity contribution is 5.81. The Morgan fingerprint density at radius 1 is 1.08 bits per heavy atom. The summed E-state index contributed by atoms with van der Waals surface area (Å²) < 4.78 is 11.0. The molecule has 1 atom stereocenters. The molecule has 3 aromatic rings. The number of pyridine rings is 1. The molecule has 1 saturated heterocycles. The predicted molar refractivity (Wildman–Crippen MR) is 104 cm³/mol. The fourth-order valence-corrected chi connectivity index (χ4v) is 3.98. The quantitative estimate of drug-likeness (QED) is 0.675. The molecule has 0 aliphatic carbocycles. The number of para-hydroxylation sites is 1. The van der Waals surface area contributed by atoms with E-state index < -0.39 is 0 Å². The minimum atomic E-state index is 0.356. The molecule has 0 spiro atoms. The van der Waals surface area contributed by atoms with E-state index in [1.807, 2.05) is 24.4 Å². The van der Waals surface area contributed by atoms with Crippen molar-refractivity contribution in [2.24, 2.45) is 0 Å². The van der Waals surface area contributed by atoms with Crippen LogP contribution in [0.5, 0.6) is 11.5 Å². The van der Waals surface area contributed by atoms with E-state index in [1.54, 1.807) is 14.2 Å². The zero-order valence-corrected chi connectivity index (χ0v) is 15.3. The average molecular weight is 348 g/mol. The molecule has 0 saturated carbocycles. The second-order valence-corrected chi connectivity index (χ2v) is 6.73. The van der Waals surface area contributed by atoms with Crippen molar-refractivity contribution in [1.29, 1.82) is 0 Å². The number of hydrogen-bond acceptors (Lipinski definition) is 4. The summed E-state index contributed by atoms with van der Waals surface area (Å²) in [6, 6.07) is 17.1. The van der Waals surface area contributed by atoms with Crippen molar-refractivity contribution in [2.75, 3.05) is 20.8 Å². The van der Waals surface area contributed by atoms with Gasteiger partial charge in [-0.15, -0.1) is 0 Å². The molecule has 0 N–H and O–H groups in total. The van der Waals surface area contributed by atoms with Crippen molar-refractivity contribution in [3.8, 4) is 11.5 Å². The number of rotatable bonds is 5. The van der Waals surface area contributed by atoms with Gasteiger partial charge < -0.3 is 9.47 Å². The first kappa shape index (κ1) is 16.9. The molecule has 134 valence electrons. The summed E-state index contributed by atoms with van der Waals surface area (Å²) in [5, 5.41) is 1.20. The highest BCUT2D eigenvalue weighted by atomic mass is 16.5. The van der Waals surface area contributed by atoms with Gasteiger partial charge in [-0.25, -0.2) is 0 Å². The summed E-state index contributed by atoms with van der Waals surface area (Å²) >= 11 is 0. The van der Waals surface area contributed by atoms with Gasteiger partial charge in [0.25, 0.3) is 0 Å². The topological polar surface area (TPSA) is 34.6 Å². The van der Waals surface area contributed by atoms with Crippen molar-refractivity contribution in [3.05, 3.63) is 65.9 Å². The molecule has 1 aromatic heterocycles. The number of nitrogens with zero attached hydrogens (tertiary/aromatic N) is 2. The molecule has 1 aliphatic heterocycles. The van der Waals surface area contributed by atoms with E-state index in [2.05, 4.69) is 40.2 Å². The molecule has 26 heavy (non-hydrogen) atoms. The van der Waals surface area contributed by atoms with Gasteiger partial charge in [-0.2, -0.15) is 0 Å². The van der Waals surface area contributed by atoms with Gasteiger partial charge in [0.1, 0.15) is 11.5 Å². The van der Waals surface area contributed by atoms with Crippen molar-refractivity contribution in [3.63, 3.8) is 0 Å². The molecule has 2 aromatic carbocycles. The zero-order valence-electron chi connectivity index (χ0n) is 15.3. The molecule has 2 heterocycles. The van der Waals surface area contributed by atoms with E-state index in [0.717, 1.165) is 36.5 Å². The Hall–Kier alpha value is -2.59. The van der Waals surface area contributed by atoms with E-state index in [0.29, 0.717) is 6.04 Å². The Bertz CT molecular complexity index is 904. The van der Waals surface area contributed by atoms with Crippen LogP contribution < -0.4 is 9.47 Å². The number of ether oxygens (including phenoxy) is 2. The normalized spacial score (nSPS) is 17.5. The van der Waals surface area contributed by atoms with Crippen molar-refractivity contribution < 1.29 is 9.47 Å². The summed E-state index contributed by atoms with van der Waals surface area (Å²) in [6.07, 6.45) is 4.21. The lowest BCUT2D eigenvalue weighted by atomic mass is 10.0. The fraction of sp³-hybridized carbons (Fsp3) is 0.318. The van der Waals surface area contributed by atoms with Crippen molar-refractivity contribution >= 4 is 10.9 Å². The van der Waals surface area contributed by atoms with E-state index in [4.69, 9.17) is 9.47 Å². The van der Waals surface area contributed by atoms with Crippen LogP contribution in [0.4, 0.5) is 0 Å². The smallest absolute Gasteiger partial charge is 0.127 e. The lowest BCUT2D eigenvalue weighted by molar-refractivity contribution is 0.243. The number of likely N-dealkylation sites (tertiary alicyclic amines) is 1. The first-order chi connectivity index (χ1) is 12.8. The SMILES string of the molecule is COc1ccc(C2CCCN2Cc2cccc3cccnc23)c(OC)c1. The first-order valence-corrected chi connectivity index (χ1v) is 9.09. The summed E-state index contributed by atoms with van der Waals surface area (Å²) in [4.78, 5) is 7.15. The third-order valence-corrected chi connectivity index (χ3v) is 5.25. The number of hydrogen-bond donors (Lipinski definition) is 0. The van der Waals surface area contributed by atoms with Gasteiger partial charge >= 0.3 is 0 Å². The number of fused-ring (bicyclic) bond motifs is 1. The molecule has 0 bridgehead atoms. The van der Waals surface area contributed by atoms with Crippen molar-refractivity contribution in [2.45, 2.75) is 25.4 Å². The van der Waals surface area contributed by atoms with Gasteiger partial charge in [-0.05, 0) is 37.1 Å². The minimum absolute atomic E-state index is 0.356. The summed E-state index contributed by atoms with van der Waals surface area (Å²) in [7, 11) is 3.41. The van der Waals surface area contributed by atoms with Gasteiger partial charge in [-0.3, -0.25) is 9.88 Å². The van der Waals surface area contributed by atoms with Crippen molar-refractivity contribution in [1.82, 2.24) is 9.88 Å². The largest absolute Gasteiger partial charge is 0.497 e. The maximum Gasteiger partial charge on any atom is 0.127 e. The van der Waals surface area contributed by atoms with E-state index >= 15 is 0 Å². The second-order valence-electron chi connectivity index (χ2n) is 6.73. The molecule has 4 nitrogen and oxygen atoms in total. The van der Waals surface area contributed by atoms with Crippen LogP contribution in [0, 0.1) is 0 Å². The second kappa shape index (κ2) is 7.34. The third-order valence-electron chi connectivity index (χ3n) is 5.25. The Morgan fingerprint density at radius 2 is 1.96 bits per heavy atom. The van der Waals surface area contributed by atoms with E-state index in [9.17, 15) is 0 Å². The minimum Gasteiger partial charge on any atom is -0.497 e. The Kier molecular flexibility index (Phi) is 4.76. The highest BCUT2D eigenvalue weighted by Crippen LogP contribution is 2.39. The summed E-state index contributed by atoms with van der Waals surface area (Å²) in [6.45, 7) is 1.98. The number of methoxy groups -OCH3 is 2. The monoisotopic (exact) mass is 348 g/mol. The zero-order chi connectivity index (χ0) is 17.9. The molecular weight excluding hydrogens is 324 g/mol. The van der Waals surface area contributed by atoms with Crippen LogP contribution in [-0.4, -0.2) is 30.6 Å². The van der Waals surface area contributed by atoms with E-state index in [1.165, 1.54) is 22.9 Å². The van der Waals surface area contributed by atoms with Gasteiger partial charge in [0, 0.05) is 35.8 Å². The first-order valence-electron chi connectivity index (χ1n) is 9.09. The molecule has 1 unspecified atom stereocenters. The van der Waals surface area contributed by atoms with Gasteiger partial charge in [0.2, 0.25) is 0 Å². The molecular formula is C22H24N2O2. The maximum atomic E-state index is 5.65. The summed E-state index contributed by atoms with van der Waals surface area (Å²) in [5.74, 6) is 1.73. The number of aromatic nitrogens is 1. The van der Waals surface area contributed by atoms with Crippen LogP contribution in [-0.2, 0) is 6.54 Å². The Balaban J connectivity index is 1.65. The van der Waals surface area contributed by atoms with Gasteiger partial charge in [0.15, 0.2) is 0 Å². The summed E-state index contributed by atoms with van der Waals surface area (Å²) in [5.41, 5.74) is 3.61. The molecule has 1 fully saturated rings. The fourth-order valence-electron chi connectivity index (χ4n) is 3.98. The molecule has 4 heteroatoms. The third kappa shape index (κ3) is 3.13. The maximum absolute atomic E-state index is 5.65. The molecule has 0 radical (unpaired) electrons. The van der Waals surface area contributed by atoms with E-state index in [-0.39, 0.29) is 0 Å². The highest BCUT2D eigenvalue weighted by Gasteiger charge is 2.29. The van der Waals surface area contributed by atoms with Crippen LogP contribution in [0.1, 0.15) is 30.0 Å². The average Bonchev–Trinajstić information content (AvgIpc) is 3.15. The Labute approximate surface area is 154 Å². The van der Waals surface area contributed by atoms with Crippen LogP contribution in [0.2, 0.25) is 0 Å². The van der Waals surface area contributed by atoms with Crippen LogP contribution in [0.25, 0.3) is 10.9 Å². The van der Waals surface area contributed by atoms with Crippen LogP contribution >= 0.6 is 0 Å². The predicted octanol–water partition coefficient (Wildman–Crippen LogP) is 4.59. The lowest BCUT2D eigenvalue weighted by Gasteiger charge is -2.26. The standard InChI is InChI=1S/C22H24N2O2/c1-25-18-10-11-19(21(14-18)26-2)20-9-5-13-24(20)15-17-7-3-6-16-8-4-12-23-22(16)17/h3-4,6-8,10-12,14,20H,5,9,13,15H2,1-2H3. The van der Waals surface area contributed by atoms with Gasteiger partial charge in [0.05, 0.1) is 19.7 Å². The van der Waals surface area contributed by atoms with Crippen LogP contribution in [0.3, 0.4) is 0 Å². The number of benzene rings is 2. The molecule has 4 rings (SSSR count). The molecule has 0 amide bonds. The van der Waals surface area contributed by atoms with Crippen LogP contribution in [0.15, 0.2) is 54.7 Å².